The number of rotatable bonds is 6. The van der Waals surface area contributed by atoms with Crippen molar-refractivity contribution in [3.63, 3.8) is 0 Å². The molecule has 0 bridgehead atoms. The summed E-state index contributed by atoms with van der Waals surface area (Å²) < 4.78 is 5.21. The van der Waals surface area contributed by atoms with Gasteiger partial charge < -0.3 is 10.1 Å². The van der Waals surface area contributed by atoms with Crippen LogP contribution in [0.3, 0.4) is 0 Å². The normalized spacial score (nSPS) is 11.6. The maximum absolute atomic E-state index is 12.3. The molecule has 2 rings (SSSR count). The van der Waals surface area contributed by atoms with Gasteiger partial charge in [0.25, 0.3) is 5.91 Å². The van der Waals surface area contributed by atoms with E-state index >= 15 is 0 Å². The predicted molar refractivity (Wildman–Crippen MR) is 89.4 cm³/mol. The fourth-order valence-electron chi connectivity index (χ4n) is 2.49. The Kier molecular flexibility index (Phi) is 5.92. The van der Waals surface area contributed by atoms with Gasteiger partial charge in [0.05, 0.1) is 12.5 Å². The van der Waals surface area contributed by atoms with E-state index in [1.807, 2.05) is 48.5 Å². The van der Waals surface area contributed by atoms with Gasteiger partial charge in [-0.3, -0.25) is 9.59 Å². The van der Waals surface area contributed by atoms with E-state index in [1.165, 1.54) is 0 Å². The van der Waals surface area contributed by atoms with Gasteiger partial charge in [-0.2, -0.15) is 0 Å². The summed E-state index contributed by atoms with van der Waals surface area (Å²) in [7, 11) is 1.60. The molecule has 1 atom stereocenters. The molecule has 1 N–H and O–H groups in total. The molecule has 0 aromatic heterocycles. The van der Waals surface area contributed by atoms with Crippen LogP contribution in [0.15, 0.2) is 54.6 Å². The Morgan fingerprint density at radius 1 is 1.09 bits per heavy atom. The zero-order valence-corrected chi connectivity index (χ0v) is 13.4. The van der Waals surface area contributed by atoms with Gasteiger partial charge in [0, 0.05) is 12.6 Å². The Hall–Kier alpha value is -2.62. The summed E-state index contributed by atoms with van der Waals surface area (Å²) in [5, 5.41) is 2.61. The molecule has 120 valence electrons. The second-order valence-electron chi connectivity index (χ2n) is 5.20. The van der Waals surface area contributed by atoms with E-state index < -0.39 is 0 Å². The third-order valence-electron chi connectivity index (χ3n) is 3.63. The first kappa shape index (κ1) is 16.7. The molecule has 0 aliphatic rings. The van der Waals surface area contributed by atoms with Gasteiger partial charge in [-0.15, -0.1) is 0 Å². The minimum atomic E-state index is -0.379. The number of esters is 1. The summed E-state index contributed by atoms with van der Waals surface area (Å²) in [4.78, 5) is 24.1. The van der Waals surface area contributed by atoms with E-state index in [0.717, 1.165) is 11.1 Å². The van der Waals surface area contributed by atoms with Crippen molar-refractivity contribution in [2.24, 2.45) is 0 Å². The van der Waals surface area contributed by atoms with Gasteiger partial charge in [0.15, 0.2) is 0 Å². The highest BCUT2D eigenvalue weighted by Crippen LogP contribution is 2.23. The molecule has 0 aliphatic heterocycles. The van der Waals surface area contributed by atoms with E-state index in [0.29, 0.717) is 18.6 Å². The molecule has 0 saturated carbocycles. The van der Waals surface area contributed by atoms with Gasteiger partial charge in [-0.05, 0) is 36.6 Å². The number of nitrogens with one attached hydrogen (secondary N) is 1. The van der Waals surface area contributed by atoms with Crippen LogP contribution in [0.4, 0.5) is 0 Å². The molecule has 1 unspecified atom stereocenters. The topological polar surface area (TPSA) is 55.4 Å². The van der Waals surface area contributed by atoms with E-state index in [-0.39, 0.29) is 17.8 Å². The molecule has 1 amide bonds. The molecule has 0 heterocycles. The molecule has 0 spiro atoms. The number of carbonyl (C=O) groups excluding carboxylic acids is 2. The van der Waals surface area contributed by atoms with E-state index in [4.69, 9.17) is 4.74 Å². The van der Waals surface area contributed by atoms with Gasteiger partial charge in [-0.1, -0.05) is 42.5 Å². The molecule has 0 radical (unpaired) electrons. The van der Waals surface area contributed by atoms with Crippen LogP contribution in [0.1, 0.15) is 34.3 Å². The third-order valence-corrected chi connectivity index (χ3v) is 3.63. The number of ether oxygens (including phenoxy) is 1. The van der Waals surface area contributed by atoms with Crippen LogP contribution in [0.5, 0.6) is 0 Å². The maximum Gasteiger partial charge on any atom is 0.313 e. The molecule has 2 aromatic carbocycles. The smallest absolute Gasteiger partial charge is 0.313 e. The Labute approximate surface area is 136 Å². The lowest BCUT2D eigenvalue weighted by Gasteiger charge is -2.16. The molecule has 4 heteroatoms. The molecular formula is C19H21NO3. The molecule has 2 aromatic rings. The van der Waals surface area contributed by atoms with Crippen molar-refractivity contribution >= 4 is 11.9 Å². The van der Waals surface area contributed by atoms with Gasteiger partial charge in [0.1, 0.15) is 0 Å². The largest absolute Gasteiger partial charge is 0.466 e. The summed E-state index contributed by atoms with van der Waals surface area (Å²) in [6.07, 6.45) is 0.494. The van der Waals surface area contributed by atoms with Gasteiger partial charge in [0.2, 0.25) is 0 Å². The maximum atomic E-state index is 12.3. The third kappa shape index (κ3) is 4.42. The van der Waals surface area contributed by atoms with Crippen LogP contribution in [0.2, 0.25) is 0 Å². The minimum Gasteiger partial charge on any atom is -0.466 e. The lowest BCUT2D eigenvalue weighted by molar-refractivity contribution is -0.144. The van der Waals surface area contributed by atoms with E-state index in [9.17, 15) is 9.59 Å². The van der Waals surface area contributed by atoms with Crippen LogP contribution in [-0.4, -0.2) is 25.5 Å². The molecule has 4 nitrogen and oxygen atoms in total. The Morgan fingerprint density at radius 3 is 2.48 bits per heavy atom. The Morgan fingerprint density at radius 2 is 1.83 bits per heavy atom. The Balaban J connectivity index is 2.27. The number of hydrogen-bond donors (Lipinski definition) is 1. The first-order valence-corrected chi connectivity index (χ1v) is 7.68. The fourth-order valence-corrected chi connectivity index (χ4v) is 2.49. The minimum absolute atomic E-state index is 0.140. The highest BCUT2D eigenvalue weighted by atomic mass is 16.5. The van der Waals surface area contributed by atoms with Crippen molar-refractivity contribution in [1.82, 2.24) is 5.32 Å². The summed E-state index contributed by atoms with van der Waals surface area (Å²) in [5.41, 5.74) is 2.42. The average Bonchev–Trinajstić information content (AvgIpc) is 2.60. The lowest BCUT2D eigenvalue weighted by Crippen LogP contribution is -2.20. The molecule has 23 heavy (non-hydrogen) atoms. The molecule has 0 fully saturated rings. The predicted octanol–water partition coefficient (Wildman–Crippen LogP) is 2.94. The molecule has 0 aliphatic carbocycles. The van der Waals surface area contributed by atoms with Gasteiger partial charge in [-0.25, -0.2) is 0 Å². The van der Waals surface area contributed by atoms with Crippen LogP contribution >= 0.6 is 0 Å². The average molecular weight is 311 g/mol. The Bertz CT molecular complexity index is 667. The highest BCUT2D eigenvalue weighted by Gasteiger charge is 2.22. The molecule has 0 saturated heterocycles. The zero-order chi connectivity index (χ0) is 16.7. The standard InChI is InChI=1S/C19H21NO3/c1-3-23-19(22)17(15-9-5-4-6-10-15)13-14-8-7-11-16(12-14)18(21)20-2/h4-12,17H,3,13H2,1-2H3,(H,20,21). The fraction of sp³-hybridized carbons (Fsp3) is 0.263. The highest BCUT2D eigenvalue weighted by molar-refractivity contribution is 5.94. The first-order valence-electron chi connectivity index (χ1n) is 7.68. The number of benzene rings is 2. The van der Waals surface area contributed by atoms with Crippen molar-refractivity contribution in [3.8, 4) is 0 Å². The SMILES string of the molecule is CCOC(=O)C(Cc1cccc(C(=O)NC)c1)c1ccccc1. The summed E-state index contributed by atoms with van der Waals surface area (Å²) in [6, 6.07) is 16.9. The van der Waals surface area contributed by atoms with Crippen LogP contribution in [0, 0.1) is 0 Å². The van der Waals surface area contributed by atoms with E-state index in [1.54, 1.807) is 20.0 Å². The first-order chi connectivity index (χ1) is 11.2. The second kappa shape index (κ2) is 8.13. The van der Waals surface area contributed by atoms with Crippen molar-refractivity contribution in [2.45, 2.75) is 19.3 Å². The summed E-state index contributed by atoms with van der Waals surface area (Å²) in [5.74, 6) is -0.764. The van der Waals surface area contributed by atoms with Crippen LogP contribution in [0.25, 0.3) is 0 Å². The van der Waals surface area contributed by atoms with Crippen molar-refractivity contribution in [3.05, 3.63) is 71.3 Å². The quantitative estimate of drug-likeness (QED) is 0.835. The second-order valence-corrected chi connectivity index (χ2v) is 5.20. The number of hydrogen-bond acceptors (Lipinski definition) is 3. The van der Waals surface area contributed by atoms with Crippen LogP contribution < -0.4 is 5.32 Å². The number of carbonyl (C=O) groups is 2. The van der Waals surface area contributed by atoms with Gasteiger partial charge >= 0.3 is 5.97 Å². The molecular weight excluding hydrogens is 290 g/mol. The summed E-state index contributed by atoms with van der Waals surface area (Å²) in [6.45, 7) is 2.15. The zero-order valence-electron chi connectivity index (χ0n) is 13.4. The summed E-state index contributed by atoms with van der Waals surface area (Å²) >= 11 is 0. The number of amides is 1. The monoisotopic (exact) mass is 311 g/mol. The van der Waals surface area contributed by atoms with E-state index in [2.05, 4.69) is 5.32 Å². The van der Waals surface area contributed by atoms with Crippen LogP contribution in [-0.2, 0) is 16.0 Å². The van der Waals surface area contributed by atoms with Crippen molar-refractivity contribution in [1.29, 1.82) is 0 Å². The van der Waals surface area contributed by atoms with Crippen molar-refractivity contribution < 1.29 is 14.3 Å². The lowest BCUT2D eigenvalue weighted by atomic mass is 9.91. The van der Waals surface area contributed by atoms with Crippen molar-refractivity contribution in [2.75, 3.05) is 13.7 Å².